The van der Waals surface area contributed by atoms with Crippen molar-refractivity contribution in [2.45, 2.75) is 0 Å². The second-order valence-electron chi connectivity index (χ2n) is 16.3. The summed E-state index contributed by atoms with van der Waals surface area (Å²) >= 11 is 0. The van der Waals surface area contributed by atoms with E-state index in [0.717, 1.165) is 98.8 Å². The maximum atomic E-state index is 6.93. The van der Waals surface area contributed by atoms with Crippen molar-refractivity contribution in [1.29, 1.82) is 0 Å². The van der Waals surface area contributed by atoms with Gasteiger partial charge in [-0.25, -0.2) is 15.0 Å². The molecular weight excluding hydrogens is 773 g/mol. The van der Waals surface area contributed by atoms with E-state index in [4.69, 9.17) is 23.8 Å². The Kier molecular flexibility index (Phi) is 7.02. The first-order valence-corrected chi connectivity index (χ1v) is 21.2. The molecule has 4 heterocycles. The molecule has 63 heavy (non-hydrogen) atoms. The third kappa shape index (κ3) is 5.09. The molecule has 0 spiro atoms. The number of fused-ring (bicyclic) bond motifs is 13. The second-order valence-corrected chi connectivity index (χ2v) is 16.3. The number of furan rings is 2. The van der Waals surface area contributed by atoms with Gasteiger partial charge in [0.1, 0.15) is 22.3 Å². The number of nitrogens with zero attached hydrogens (tertiary/aromatic N) is 4. The molecular formula is C57H32N4O2. The van der Waals surface area contributed by atoms with E-state index in [1.165, 1.54) is 21.5 Å². The van der Waals surface area contributed by atoms with E-state index in [1.54, 1.807) is 0 Å². The van der Waals surface area contributed by atoms with Gasteiger partial charge in [-0.05, 0) is 75.5 Å². The molecule has 14 rings (SSSR count). The second kappa shape index (κ2) is 12.9. The maximum Gasteiger partial charge on any atom is 0.164 e. The number of rotatable bonds is 4. The molecule has 0 saturated carbocycles. The van der Waals surface area contributed by atoms with Gasteiger partial charge >= 0.3 is 0 Å². The van der Waals surface area contributed by atoms with Crippen LogP contribution in [0.2, 0.25) is 0 Å². The van der Waals surface area contributed by atoms with Crippen molar-refractivity contribution >= 4 is 98.0 Å². The lowest BCUT2D eigenvalue weighted by Crippen LogP contribution is -2.00. The third-order valence-electron chi connectivity index (χ3n) is 12.8. The first-order valence-electron chi connectivity index (χ1n) is 21.2. The van der Waals surface area contributed by atoms with Gasteiger partial charge in [0.15, 0.2) is 17.5 Å². The molecule has 0 aliphatic rings. The molecule has 6 heteroatoms. The van der Waals surface area contributed by atoms with E-state index in [0.29, 0.717) is 17.5 Å². The van der Waals surface area contributed by atoms with Gasteiger partial charge in [-0.3, -0.25) is 0 Å². The van der Waals surface area contributed by atoms with E-state index >= 15 is 0 Å². The van der Waals surface area contributed by atoms with Crippen molar-refractivity contribution in [3.8, 4) is 39.9 Å². The number of benzene rings is 10. The molecule has 0 saturated heterocycles. The van der Waals surface area contributed by atoms with Crippen molar-refractivity contribution < 1.29 is 8.83 Å². The number of hydrogen-bond donors (Lipinski definition) is 0. The average molecular weight is 805 g/mol. The van der Waals surface area contributed by atoms with Crippen LogP contribution in [0.1, 0.15) is 0 Å². The summed E-state index contributed by atoms with van der Waals surface area (Å²) in [6, 6.07) is 68.0. The Hall–Kier alpha value is -8.61. The average Bonchev–Trinajstić information content (AvgIpc) is 4.02. The summed E-state index contributed by atoms with van der Waals surface area (Å²) in [4.78, 5) is 15.6. The summed E-state index contributed by atoms with van der Waals surface area (Å²) < 4.78 is 15.6. The lowest BCUT2D eigenvalue weighted by Gasteiger charge is -2.13. The van der Waals surface area contributed by atoms with Crippen molar-refractivity contribution in [2.75, 3.05) is 0 Å². The van der Waals surface area contributed by atoms with Crippen LogP contribution < -0.4 is 0 Å². The summed E-state index contributed by atoms with van der Waals surface area (Å²) in [7, 11) is 0. The molecule has 0 fully saturated rings. The van der Waals surface area contributed by atoms with Crippen LogP contribution >= 0.6 is 0 Å². The Bertz CT molecular complexity index is 4230. The van der Waals surface area contributed by atoms with E-state index in [9.17, 15) is 0 Å². The number of aromatic nitrogens is 4. The minimum atomic E-state index is 0.554. The van der Waals surface area contributed by atoms with Gasteiger partial charge in [-0.1, -0.05) is 140 Å². The zero-order chi connectivity index (χ0) is 41.2. The highest BCUT2D eigenvalue weighted by Gasteiger charge is 2.22. The molecule has 292 valence electrons. The van der Waals surface area contributed by atoms with Gasteiger partial charge in [0.25, 0.3) is 0 Å². The van der Waals surface area contributed by atoms with Gasteiger partial charge in [0, 0.05) is 60.5 Å². The van der Waals surface area contributed by atoms with E-state index < -0.39 is 0 Å². The topological polar surface area (TPSA) is 69.9 Å². The summed E-state index contributed by atoms with van der Waals surface area (Å²) in [5.41, 5.74) is 9.17. The predicted octanol–water partition coefficient (Wildman–Crippen LogP) is 15.2. The highest BCUT2D eigenvalue weighted by atomic mass is 16.3. The van der Waals surface area contributed by atoms with Gasteiger partial charge in [0.05, 0.1) is 16.7 Å². The Morgan fingerprint density at radius 3 is 1.76 bits per heavy atom. The first-order chi connectivity index (χ1) is 31.2. The standard InChI is InChI=1S/C57H32N4O2/c1-2-13-34-28-37(25-24-33(34)12-1)55-58-56(60-57(59-55)44-20-11-23-50-54(44)42-19-8-10-22-49(42)62-50)38-26-27-43-51(31-38)63-52-32-48(39-16-5-6-18-41(39)53(43)52)61-46-21-9-7-17-40(46)45-29-35-14-3-4-15-36(35)30-47(45)61/h1-32H. The molecule has 0 amide bonds. The zero-order valence-electron chi connectivity index (χ0n) is 33.6. The predicted molar refractivity (Wildman–Crippen MR) is 258 cm³/mol. The summed E-state index contributed by atoms with van der Waals surface area (Å²) in [5.74, 6) is 1.71. The Morgan fingerprint density at radius 2 is 0.921 bits per heavy atom. The molecule has 14 aromatic rings. The molecule has 0 atom stereocenters. The lowest BCUT2D eigenvalue weighted by molar-refractivity contribution is 0.668. The van der Waals surface area contributed by atoms with Crippen LogP contribution in [0.4, 0.5) is 0 Å². The number of para-hydroxylation sites is 2. The molecule has 0 N–H and O–H groups in total. The Labute approximate surface area is 358 Å². The molecule has 4 aromatic heterocycles. The van der Waals surface area contributed by atoms with Crippen LogP contribution in [-0.4, -0.2) is 19.5 Å². The van der Waals surface area contributed by atoms with Gasteiger partial charge < -0.3 is 13.4 Å². The maximum absolute atomic E-state index is 6.93. The fourth-order valence-corrected chi connectivity index (χ4v) is 9.90. The van der Waals surface area contributed by atoms with Crippen molar-refractivity contribution in [3.05, 3.63) is 194 Å². The van der Waals surface area contributed by atoms with Crippen molar-refractivity contribution in [2.24, 2.45) is 0 Å². The zero-order valence-corrected chi connectivity index (χ0v) is 33.6. The SMILES string of the molecule is c1ccc2cc(-c3nc(-c4ccc5c(c4)oc4cc(-n6c7ccccc7c7cc8ccccc8cc76)c6ccccc6c45)nc(-c4cccc5oc6ccccc6c45)n3)ccc2c1. The van der Waals surface area contributed by atoms with Gasteiger partial charge in [0.2, 0.25) is 0 Å². The summed E-state index contributed by atoms with van der Waals surface area (Å²) in [6.45, 7) is 0. The van der Waals surface area contributed by atoms with E-state index in [1.807, 2.05) is 30.3 Å². The molecule has 0 unspecified atom stereocenters. The smallest absolute Gasteiger partial charge is 0.164 e. The van der Waals surface area contributed by atoms with Gasteiger partial charge in [-0.2, -0.15) is 0 Å². The van der Waals surface area contributed by atoms with Crippen LogP contribution in [0.3, 0.4) is 0 Å². The molecule has 0 radical (unpaired) electrons. The number of hydrogen-bond acceptors (Lipinski definition) is 5. The fourth-order valence-electron chi connectivity index (χ4n) is 9.90. The lowest BCUT2D eigenvalue weighted by atomic mass is 10.0. The quantitative estimate of drug-likeness (QED) is 0.177. The summed E-state index contributed by atoms with van der Waals surface area (Å²) in [6.07, 6.45) is 0. The molecule has 0 aliphatic heterocycles. The first kappa shape index (κ1) is 34.1. The Balaban J connectivity index is 0.993. The fraction of sp³-hybridized carbons (Fsp3) is 0. The van der Waals surface area contributed by atoms with Crippen molar-refractivity contribution in [3.63, 3.8) is 0 Å². The highest BCUT2D eigenvalue weighted by Crippen LogP contribution is 2.43. The van der Waals surface area contributed by atoms with E-state index in [2.05, 4.69) is 168 Å². The van der Waals surface area contributed by atoms with Crippen LogP contribution in [0, 0.1) is 0 Å². The largest absolute Gasteiger partial charge is 0.456 e. The minimum Gasteiger partial charge on any atom is -0.456 e. The van der Waals surface area contributed by atoms with Crippen LogP contribution in [0.15, 0.2) is 203 Å². The highest BCUT2D eigenvalue weighted by molar-refractivity contribution is 6.22. The van der Waals surface area contributed by atoms with Crippen LogP contribution in [0.25, 0.3) is 138 Å². The molecule has 0 aliphatic carbocycles. The normalized spacial score (nSPS) is 12.1. The molecule has 6 nitrogen and oxygen atoms in total. The Morgan fingerprint density at radius 1 is 0.317 bits per heavy atom. The summed E-state index contributed by atoms with van der Waals surface area (Å²) in [5, 5.41) is 13.5. The monoisotopic (exact) mass is 804 g/mol. The van der Waals surface area contributed by atoms with Crippen LogP contribution in [0.5, 0.6) is 0 Å². The van der Waals surface area contributed by atoms with E-state index in [-0.39, 0.29) is 0 Å². The minimum absolute atomic E-state index is 0.554. The molecule has 0 bridgehead atoms. The third-order valence-corrected chi connectivity index (χ3v) is 12.8. The van der Waals surface area contributed by atoms with Gasteiger partial charge in [-0.15, -0.1) is 0 Å². The van der Waals surface area contributed by atoms with Crippen LogP contribution in [-0.2, 0) is 0 Å². The molecule has 10 aromatic carbocycles. The van der Waals surface area contributed by atoms with Crippen molar-refractivity contribution in [1.82, 2.24) is 19.5 Å².